The van der Waals surface area contributed by atoms with Crippen LogP contribution in [0.25, 0.3) is 0 Å². The topological polar surface area (TPSA) is 65.2 Å². The number of carbonyl (C=O) groups is 2. The summed E-state index contributed by atoms with van der Waals surface area (Å²) in [6, 6.07) is 0.498. The summed E-state index contributed by atoms with van der Waals surface area (Å²) in [7, 11) is 1.97. The molecule has 1 saturated heterocycles. The smallest absolute Gasteiger partial charge is 0.270 e. The van der Waals surface area contributed by atoms with Gasteiger partial charge in [0, 0.05) is 30.4 Å². The zero-order valence-corrected chi connectivity index (χ0v) is 15.3. The molecule has 0 atom stereocenters. The molecule has 5 nitrogen and oxygen atoms in total. The lowest BCUT2D eigenvalue weighted by Gasteiger charge is -2.31. The Morgan fingerprint density at radius 2 is 1.91 bits per heavy atom. The zero-order chi connectivity index (χ0) is 16.3. The lowest BCUT2D eigenvalue weighted by Crippen LogP contribution is -2.44. The van der Waals surface area contributed by atoms with E-state index in [9.17, 15) is 9.59 Å². The molecule has 6 heteroatoms. The van der Waals surface area contributed by atoms with E-state index in [0.29, 0.717) is 17.3 Å². The summed E-state index contributed by atoms with van der Waals surface area (Å²) in [4.78, 5) is 29.8. The van der Waals surface area contributed by atoms with Gasteiger partial charge >= 0.3 is 0 Å². The van der Waals surface area contributed by atoms with Crippen LogP contribution >= 0.6 is 12.4 Å². The van der Waals surface area contributed by atoms with E-state index in [2.05, 4.69) is 17.2 Å². The molecule has 0 aromatic carbocycles. The molecule has 1 aromatic heterocycles. The van der Waals surface area contributed by atoms with Crippen LogP contribution in [0.15, 0.2) is 0 Å². The van der Waals surface area contributed by atoms with Crippen LogP contribution in [0.4, 0.5) is 0 Å². The Kier molecular flexibility index (Phi) is 7.29. The van der Waals surface area contributed by atoms with Crippen LogP contribution in [-0.2, 0) is 6.42 Å². The standard InChI is InChI=1S/C17H27N3O2.ClH/c1-5-6-14-15(12(3)21)11(2)19-16(14)17(22)20-9-7-13(18-4)8-10-20;/h13,18-19H,5-10H2,1-4H3;1H. The van der Waals surface area contributed by atoms with E-state index in [0.717, 1.165) is 50.0 Å². The average Bonchev–Trinajstić information content (AvgIpc) is 2.83. The highest BCUT2D eigenvalue weighted by Crippen LogP contribution is 2.24. The Morgan fingerprint density at radius 3 is 2.39 bits per heavy atom. The molecule has 0 bridgehead atoms. The van der Waals surface area contributed by atoms with E-state index >= 15 is 0 Å². The second-order valence-corrected chi connectivity index (χ2v) is 6.14. The summed E-state index contributed by atoms with van der Waals surface area (Å²) in [6.45, 7) is 7.05. The normalized spacial score (nSPS) is 15.4. The molecular formula is C17H28ClN3O2. The number of Topliss-reactive ketones (excluding diaryl/α,β-unsaturated/α-hetero) is 1. The summed E-state index contributed by atoms with van der Waals surface area (Å²) in [6.07, 6.45) is 3.63. The van der Waals surface area contributed by atoms with Gasteiger partial charge in [-0.05, 0) is 45.7 Å². The van der Waals surface area contributed by atoms with Crippen LogP contribution in [0, 0.1) is 6.92 Å². The monoisotopic (exact) mass is 341 g/mol. The SMILES string of the molecule is CCCc1c(C(=O)N2CCC(NC)CC2)[nH]c(C)c1C(C)=O.Cl. The predicted molar refractivity (Wildman–Crippen MR) is 94.8 cm³/mol. The van der Waals surface area contributed by atoms with Gasteiger partial charge in [0.2, 0.25) is 0 Å². The number of aromatic amines is 1. The Bertz CT molecular complexity index is 560. The van der Waals surface area contributed by atoms with E-state index < -0.39 is 0 Å². The third kappa shape index (κ3) is 4.15. The first-order valence-corrected chi connectivity index (χ1v) is 8.18. The minimum absolute atomic E-state index is 0. The van der Waals surface area contributed by atoms with Gasteiger partial charge < -0.3 is 15.2 Å². The minimum atomic E-state index is 0. The van der Waals surface area contributed by atoms with E-state index in [1.165, 1.54) is 0 Å². The van der Waals surface area contributed by atoms with Crippen molar-refractivity contribution >= 4 is 24.1 Å². The van der Waals surface area contributed by atoms with E-state index in [1.807, 2.05) is 18.9 Å². The maximum absolute atomic E-state index is 12.8. The number of H-pyrrole nitrogens is 1. The van der Waals surface area contributed by atoms with Gasteiger partial charge in [-0.25, -0.2) is 0 Å². The Morgan fingerprint density at radius 1 is 1.30 bits per heavy atom. The Balaban J connectivity index is 0.00000264. The fourth-order valence-corrected chi connectivity index (χ4v) is 3.37. The van der Waals surface area contributed by atoms with Crippen molar-refractivity contribution in [2.24, 2.45) is 0 Å². The highest BCUT2D eigenvalue weighted by Gasteiger charge is 2.28. The van der Waals surface area contributed by atoms with Crippen molar-refractivity contribution in [3.63, 3.8) is 0 Å². The number of piperidine rings is 1. The fourth-order valence-electron chi connectivity index (χ4n) is 3.37. The number of nitrogens with one attached hydrogen (secondary N) is 2. The molecule has 0 saturated carbocycles. The number of ketones is 1. The van der Waals surface area contributed by atoms with Crippen LogP contribution in [0.2, 0.25) is 0 Å². The summed E-state index contributed by atoms with van der Waals surface area (Å²) < 4.78 is 0. The molecule has 2 rings (SSSR count). The molecule has 0 spiro atoms. The number of aryl methyl sites for hydroxylation is 1. The second kappa shape index (κ2) is 8.50. The van der Waals surface area contributed by atoms with Crippen molar-refractivity contribution in [1.82, 2.24) is 15.2 Å². The van der Waals surface area contributed by atoms with Gasteiger partial charge in [-0.2, -0.15) is 0 Å². The maximum Gasteiger partial charge on any atom is 0.270 e. The number of halogens is 1. The van der Waals surface area contributed by atoms with Crippen molar-refractivity contribution in [1.29, 1.82) is 0 Å². The fraction of sp³-hybridized carbons (Fsp3) is 0.647. The van der Waals surface area contributed by atoms with Crippen LogP contribution in [0.3, 0.4) is 0 Å². The lowest BCUT2D eigenvalue weighted by molar-refractivity contribution is 0.0701. The minimum Gasteiger partial charge on any atom is -0.354 e. The molecule has 0 unspecified atom stereocenters. The van der Waals surface area contributed by atoms with Gasteiger partial charge in [0.1, 0.15) is 5.69 Å². The molecule has 0 radical (unpaired) electrons. The molecule has 1 aromatic rings. The van der Waals surface area contributed by atoms with E-state index in [1.54, 1.807) is 6.92 Å². The van der Waals surface area contributed by atoms with Crippen molar-refractivity contribution in [3.05, 3.63) is 22.5 Å². The largest absolute Gasteiger partial charge is 0.354 e. The molecule has 2 N–H and O–H groups in total. The summed E-state index contributed by atoms with van der Waals surface area (Å²) in [5, 5.41) is 3.27. The third-order valence-electron chi connectivity index (χ3n) is 4.55. The van der Waals surface area contributed by atoms with Crippen LogP contribution in [-0.4, -0.2) is 47.8 Å². The molecule has 1 amide bonds. The average molecular weight is 342 g/mol. The zero-order valence-electron chi connectivity index (χ0n) is 14.5. The van der Waals surface area contributed by atoms with Gasteiger partial charge in [-0.15, -0.1) is 12.4 Å². The summed E-state index contributed by atoms with van der Waals surface area (Å²) in [5.74, 6) is 0.0683. The molecule has 1 aliphatic heterocycles. The molecule has 1 fully saturated rings. The molecule has 1 aliphatic rings. The van der Waals surface area contributed by atoms with Crippen LogP contribution in [0.5, 0.6) is 0 Å². The Labute approximate surface area is 144 Å². The van der Waals surface area contributed by atoms with Crippen LogP contribution in [0.1, 0.15) is 65.2 Å². The third-order valence-corrected chi connectivity index (χ3v) is 4.55. The summed E-state index contributed by atoms with van der Waals surface area (Å²) in [5.41, 5.74) is 3.03. The van der Waals surface area contributed by atoms with Crippen molar-refractivity contribution in [2.45, 2.75) is 52.5 Å². The molecule has 0 aliphatic carbocycles. The number of aromatic nitrogens is 1. The molecule has 2 heterocycles. The molecule has 23 heavy (non-hydrogen) atoms. The van der Waals surface area contributed by atoms with Gasteiger partial charge in [-0.1, -0.05) is 13.3 Å². The quantitative estimate of drug-likeness (QED) is 0.809. The molecular weight excluding hydrogens is 314 g/mol. The van der Waals surface area contributed by atoms with Crippen LogP contribution < -0.4 is 5.32 Å². The van der Waals surface area contributed by atoms with E-state index in [-0.39, 0.29) is 24.1 Å². The van der Waals surface area contributed by atoms with Gasteiger partial charge in [0.15, 0.2) is 5.78 Å². The van der Waals surface area contributed by atoms with Gasteiger partial charge in [0.05, 0.1) is 0 Å². The predicted octanol–water partition coefficient (Wildman–Crippen LogP) is 2.72. The number of likely N-dealkylation sites (tertiary alicyclic amines) is 1. The number of carbonyl (C=O) groups excluding carboxylic acids is 2. The summed E-state index contributed by atoms with van der Waals surface area (Å²) >= 11 is 0. The first kappa shape index (κ1) is 19.7. The first-order chi connectivity index (χ1) is 10.5. The second-order valence-electron chi connectivity index (χ2n) is 6.14. The van der Waals surface area contributed by atoms with Crippen molar-refractivity contribution in [3.8, 4) is 0 Å². The van der Waals surface area contributed by atoms with Crippen molar-refractivity contribution < 1.29 is 9.59 Å². The van der Waals surface area contributed by atoms with E-state index in [4.69, 9.17) is 0 Å². The number of amides is 1. The number of hydrogen-bond acceptors (Lipinski definition) is 3. The number of hydrogen-bond donors (Lipinski definition) is 2. The van der Waals surface area contributed by atoms with Gasteiger partial charge in [-0.3, -0.25) is 9.59 Å². The highest BCUT2D eigenvalue weighted by molar-refractivity contribution is 6.02. The number of rotatable bonds is 5. The van der Waals surface area contributed by atoms with Crippen molar-refractivity contribution in [2.75, 3.05) is 20.1 Å². The Hall–Kier alpha value is -1.33. The highest BCUT2D eigenvalue weighted by atomic mass is 35.5. The number of nitrogens with zero attached hydrogens (tertiary/aromatic N) is 1. The first-order valence-electron chi connectivity index (χ1n) is 8.18. The maximum atomic E-state index is 12.8. The lowest BCUT2D eigenvalue weighted by atomic mass is 9.99. The van der Waals surface area contributed by atoms with Gasteiger partial charge in [0.25, 0.3) is 5.91 Å². The molecule has 130 valence electrons.